The summed E-state index contributed by atoms with van der Waals surface area (Å²) in [5.41, 5.74) is -0.595. The quantitative estimate of drug-likeness (QED) is 0.644. The molecule has 5 nitrogen and oxygen atoms in total. The molecule has 3 rings (SSSR count). The van der Waals surface area contributed by atoms with Gasteiger partial charge >= 0.3 is 6.09 Å². The third-order valence-electron chi connectivity index (χ3n) is 2.79. The van der Waals surface area contributed by atoms with Crippen molar-refractivity contribution in [3.63, 3.8) is 0 Å². The van der Waals surface area contributed by atoms with E-state index in [4.69, 9.17) is 15.1 Å². The summed E-state index contributed by atoms with van der Waals surface area (Å²) in [5, 5.41) is 18.7. The number of hydrogen-bond donors (Lipinski definition) is 2. The molecule has 3 aliphatic rings. The van der Waals surface area contributed by atoms with E-state index in [1.807, 2.05) is 12.2 Å². The van der Waals surface area contributed by atoms with Gasteiger partial charge in [-0.2, -0.15) is 5.06 Å². The highest BCUT2D eigenvalue weighted by molar-refractivity contribution is 5.65. The van der Waals surface area contributed by atoms with E-state index in [0.717, 1.165) is 17.9 Å². The summed E-state index contributed by atoms with van der Waals surface area (Å²) in [4.78, 5) is 16.2. The van der Waals surface area contributed by atoms with Crippen molar-refractivity contribution in [2.24, 2.45) is 0 Å². The molecule has 0 radical (unpaired) electrons. The monoisotopic (exact) mass is 199 g/mol. The molecule has 0 aromatic heterocycles. The van der Waals surface area contributed by atoms with Crippen LogP contribution < -0.4 is 0 Å². The highest BCUT2D eigenvalue weighted by Crippen LogP contribution is 2.38. The second-order valence-electron chi connectivity index (χ2n) is 3.70. The highest BCUT2D eigenvalue weighted by Gasteiger charge is 2.44. The van der Waals surface area contributed by atoms with Crippen LogP contribution in [0, 0.1) is 0 Å². The number of aliphatic hydroxyl groups is 1. The van der Waals surface area contributed by atoms with Crippen LogP contribution in [0.5, 0.6) is 0 Å². The van der Waals surface area contributed by atoms with Gasteiger partial charge < -0.3 is 10.2 Å². The van der Waals surface area contributed by atoms with Gasteiger partial charge in [0.2, 0.25) is 0 Å². The van der Waals surface area contributed by atoms with Crippen molar-refractivity contribution in [2.45, 2.75) is 30.9 Å². The molecule has 0 saturated carbocycles. The second-order valence-corrected chi connectivity index (χ2v) is 3.70. The van der Waals surface area contributed by atoms with E-state index in [1.54, 1.807) is 0 Å². The first-order chi connectivity index (χ1) is 6.67. The SMILES string of the molecule is O=C(O)N1O[C@@]2(CCO)C=C[C@@H]1CC2. The van der Waals surface area contributed by atoms with E-state index >= 15 is 0 Å². The number of aliphatic hydroxyl groups excluding tert-OH is 1. The number of fused-ring (bicyclic) bond motifs is 2. The molecule has 1 fully saturated rings. The summed E-state index contributed by atoms with van der Waals surface area (Å²) >= 11 is 0. The fourth-order valence-electron chi connectivity index (χ4n) is 2.02. The van der Waals surface area contributed by atoms with Crippen molar-refractivity contribution in [3.8, 4) is 0 Å². The number of carboxylic acid groups (broad SMARTS) is 1. The molecular weight excluding hydrogens is 186 g/mol. The van der Waals surface area contributed by atoms with Crippen molar-refractivity contribution < 1.29 is 19.8 Å². The van der Waals surface area contributed by atoms with Crippen molar-refractivity contribution in [1.82, 2.24) is 5.06 Å². The van der Waals surface area contributed by atoms with Crippen LogP contribution in [0.3, 0.4) is 0 Å². The van der Waals surface area contributed by atoms with Crippen molar-refractivity contribution in [3.05, 3.63) is 12.2 Å². The Morgan fingerprint density at radius 2 is 2.50 bits per heavy atom. The van der Waals surface area contributed by atoms with E-state index in [9.17, 15) is 4.79 Å². The lowest BCUT2D eigenvalue weighted by Crippen LogP contribution is -2.54. The molecule has 0 aromatic carbocycles. The van der Waals surface area contributed by atoms with Gasteiger partial charge in [-0.15, -0.1) is 0 Å². The minimum Gasteiger partial charge on any atom is -0.463 e. The van der Waals surface area contributed by atoms with E-state index in [0.29, 0.717) is 6.42 Å². The Morgan fingerprint density at radius 1 is 1.71 bits per heavy atom. The van der Waals surface area contributed by atoms with Gasteiger partial charge in [-0.3, -0.25) is 4.84 Å². The average molecular weight is 199 g/mol. The molecule has 2 atom stereocenters. The summed E-state index contributed by atoms with van der Waals surface area (Å²) in [6, 6.07) is -0.159. The lowest BCUT2D eigenvalue weighted by atomic mass is 9.84. The predicted octanol–water partition coefficient (Wildman–Crippen LogP) is 0.751. The summed E-state index contributed by atoms with van der Waals surface area (Å²) in [5.74, 6) is 0. The Kier molecular flexibility index (Phi) is 2.20. The molecule has 1 aliphatic carbocycles. The molecule has 2 heterocycles. The minimum absolute atomic E-state index is 0.00245. The highest BCUT2D eigenvalue weighted by atomic mass is 16.7. The molecule has 78 valence electrons. The lowest BCUT2D eigenvalue weighted by Gasteiger charge is -2.46. The van der Waals surface area contributed by atoms with Crippen LogP contribution in [-0.4, -0.2) is 39.6 Å². The first-order valence-electron chi connectivity index (χ1n) is 4.68. The molecule has 2 bridgehead atoms. The summed E-state index contributed by atoms with van der Waals surface area (Å²) in [6.07, 6.45) is 4.64. The first kappa shape index (κ1) is 9.48. The van der Waals surface area contributed by atoms with E-state index < -0.39 is 11.7 Å². The Balaban J connectivity index is 2.19. The molecule has 0 aromatic rings. The number of hydroxylamine groups is 2. The standard InChI is InChI=1S/C9H13NO4/c11-6-5-9-3-1-7(2-4-9)10(14-9)8(12)13/h1,3,7,11H,2,4-6H2,(H,12,13)/t7-,9+/m1/s1. The predicted molar refractivity (Wildman–Crippen MR) is 47.5 cm³/mol. The van der Waals surface area contributed by atoms with E-state index in [-0.39, 0.29) is 12.6 Å². The maximum absolute atomic E-state index is 10.8. The smallest absolute Gasteiger partial charge is 0.432 e. The van der Waals surface area contributed by atoms with Crippen LogP contribution in [0.15, 0.2) is 12.2 Å². The molecule has 1 amide bonds. The van der Waals surface area contributed by atoms with Crippen LogP contribution >= 0.6 is 0 Å². The minimum atomic E-state index is -1.07. The van der Waals surface area contributed by atoms with Crippen molar-refractivity contribution in [2.75, 3.05) is 6.61 Å². The van der Waals surface area contributed by atoms with Crippen molar-refractivity contribution >= 4 is 6.09 Å². The molecule has 14 heavy (non-hydrogen) atoms. The Hall–Kier alpha value is -1.07. The zero-order valence-electron chi connectivity index (χ0n) is 7.72. The van der Waals surface area contributed by atoms with Gasteiger partial charge in [0.05, 0.1) is 6.04 Å². The van der Waals surface area contributed by atoms with Crippen LogP contribution in [0.25, 0.3) is 0 Å². The van der Waals surface area contributed by atoms with Crippen LogP contribution in [0.1, 0.15) is 19.3 Å². The fourth-order valence-corrected chi connectivity index (χ4v) is 2.02. The van der Waals surface area contributed by atoms with Gasteiger partial charge in [0.25, 0.3) is 0 Å². The van der Waals surface area contributed by atoms with Crippen LogP contribution in [0.4, 0.5) is 4.79 Å². The van der Waals surface area contributed by atoms with Gasteiger partial charge in [0.15, 0.2) is 0 Å². The van der Waals surface area contributed by atoms with Gasteiger partial charge in [-0.05, 0) is 12.8 Å². The first-order valence-corrected chi connectivity index (χ1v) is 4.68. The Morgan fingerprint density at radius 3 is 3.00 bits per heavy atom. The third kappa shape index (κ3) is 1.38. The summed E-state index contributed by atoms with van der Waals surface area (Å²) in [6.45, 7) is 0.00245. The largest absolute Gasteiger partial charge is 0.463 e. The molecule has 2 N–H and O–H groups in total. The topological polar surface area (TPSA) is 70.0 Å². The van der Waals surface area contributed by atoms with Crippen molar-refractivity contribution in [1.29, 1.82) is 0 Å². The summed E-state index contributed by atoms with van der Waals surface area (Å²) in [7, 11) is 0. The molecular formula is C9H13NO4. The van der Waals surface area contributed by atoms with E-state index in [2.05, 4.69) is 0 Å². The van der Waals surface area contributed by atoms with Gasteiger partial charge in [-0.25, -0.2) is 4.79 Å². The van der Waals surface area contributed by atoms with E-state index in [1.165, 1.54) is 0 Å². The molecule has 2 aliphatic heterocycles. The van der Waals surface area contributed by atoms with Gasteiger partial charge in [0, 0.05) is 13.0 Å². The molecule has 0 spiro atoms. The van der Waals surface area contributed by atoms with Crippen LogP contribution in [-0.2, 0) is 4.84 Å². The normalized spacial score (nSPS) is 34.9. The van der Waals surface area contributed by atoms with Gasteiger partial charge in [0.1, 0.15) is 5.60 Å². The number of hydrogen-bond acceptors (Lipinski definition) is 3. The maximum Gasteiger partial charge on any atom is 0.432 e. The number of rotatable bonds is 2. The molecule has 1 saturated heterocycles. The Bertz CT molecular complexity index is 278. The fraction of sp³-hybridized carbons (Fsp3) is 0.667. The number of nitrogens with zero attached hydrogens (tertiary/aromatic N) is 1. The van der Waals surface area contributed by atoms with Gasteiger partial charge in [-0.1, -0.05) is 12.2 Å². The molecule has 0 unspecified atom stereocenters. The zero-order valence-corrected chi connectivity index (χ0v) is 7.72. The zero-order chi connectivity index (χ0) is 10.2. The lowest BCUT2D eigenvalue weighted by molar-refractivity contribution is -0.256. The van der Waals surface area contributed by atoms with Crippen LogP contribution in [0.2, 0.25) is 0 Å². The Labute approximate surface area is 81.5 Å². The number of carbonyl (C=O) groups is 1. The number of amides is 1. The summed E-state index contributed by atoms with van der Waals surface area (Å²) < 4.78 is 0. The maximum atomic E-state index is 10.8. The second kappa shape index (κ2) is 3.25. The average Bonchev–Trinajstić information content (AvgIpc) is 2.19. The third-order valence-corrected chi connectivity index (χ3v) is 2.79. The molecule has 5 heteroatoms.